The highest BCUT2D eigenvalue weighted by Crippen LogP contribution is 2.61. The SMILES string of the molecule is CCCCCCOc1ccc(C2=CC3=Cc4ccccc4C4=CC=C5C(c6c(OC)cc7c(-c8ccc(OCCCCCC)cc8)cc8cc9ccccc9c9ccc6c7c89)=C(OC)C=C2C5C34)cc1. The van der Waals surface area contributed by atoms with Gasteiger partial charge in [-0.25, -0.2) is 0 Å². The second kappa shape index (κ2) is 18.6. The van der Waals surface area contributed by atoms with E-state index >= 15 is 0 Å². The van der Waals surface area contributed by atoms with E-state index in [1.165, 1.54) is 121 Å². The Morgan fingerprint density at radius 1 is 0.471 bits per heavy atom. The monoisotopic (exact) mass is 916 g/mol. The van der Waals surface area contributed by atoms with Crippen LogP contribution in [0.15, 0.2) is 174 Å². The fourth-order valence-electron chi connectivity index (χ4n) is 12.1. The number of ether oxygens (including phenoxy) is 4. The molecule has 2 atom stereocenters. The molecule has 0 radical (unpaired) electrons. The van der Waals surface area contributed by atoms with Crippen molar-refractivity contribution in [3.63, 3.8) is 0 Å². The molecule has 0 N–H and O–H groups in total. The molecule has 4 heteroatoms. The van der Waals surface area contributed by atoms with Crippen LogP contribution in [-0.4, -0.2) is 27.4 Å². The lowest BCUT2D eigenvalue weighted by Crippen LogP contribution is -2.32. The van der Waals surface area contributed by atoms with Gasteiger partial charge in [0.2, 0.25) is 0 Å². The largest absolute Gasteiger partial charge is 0.496 e. The van der Waals surface area contributed by atoms with Gasteiger partial charge in [-0.3, -0.25) is 0 Å². The molecule has 0 spiro atoms. The average molecular weight is 917 g/mol. The Hall–Kier alpha value is -7.30. The Morgan fingerprint density at radius 2 is 1.16 bits per heavy atom. The molecule has 0 aliphatic heterocycles. The number of allylic oxidation sites excluding steroid dienone is 10. The van der Waals surface area contributed by atoms with Gasteiger partial charge >= 0.3 is 0 Å². The second-order valence-electron chi connectivity index (χ2n) is 19.6. The summed E-state index contributed by atoms with van der Waals surface area (Å²) in [4.78, 5) is 0. The molecule has 4 aliphatic rings. The summed E-state index contributed by atoms with van der Waals surface area (Å²) < 4.78 is 25.7. The molecule has 8 aromatic carbocycles. The molecule has 2 unspecified atom stereocenters. The summed E-state index contributed by atoms with van der Waals surface area (Å²) in [5.41, 5.74) is 14.6. The minimum Gasteiger partial charge on any atom is -0.496 e. The summed E-state index contributed by atoms with van der Waals surface area (Å²) in [6.07, 6.45) is 21.4. The van der Waals surface area contributed by atoms with Crippen molar-refractivity contribution >= 4 is 65.9 Å². The topological polar surface area (TPSA) is 36.9 Å². The fourth-order valence-corrected chi connectivity index (χ4v) is 12.1. The average Bonchev–Trinajstić information content (AvgIpc) is 3.40. The van der Waals surface area contributed by atoms with Crippen LogP contribution >= 0.6 is 0 Å². The van der Waals surface area contributed by atoms with E-state index in [1.807, 2.05) is 14.2 Å². The van der Waals surface area contributed by atoms with E-state index in [9.17, 15) is 0 Å². The van der Waals surface area contributed by atoms with Crippen molar-refractivity contribution in [3.8, 4) is 28.4 Å². The maximum Gasteiger partial charge on any atom is 0.128 e. The van der Waals surface area contributed by atoms with Crippen molar-refractivity contribution in [2.24, 2.45) is 11.8 Å². The molecule has 348 valence electrons. The van der Waals surface area contributed by atoms with Crippen LogP contribution in [0.3, 0.4) is 0 Å². The van der Waals surface area contributed by atoms with Gasteiger partial charge in [0, 0.05) is 23.0 Å². The number of fused-ring (bicyclic) bond motifs is 4. The molecule has 12 rings (SSSR count). The highest BCUT2D eigenvalue weighted by molar-refractivity contribution is 6.33. The molecule has 0 saturated carbocycles. The Labute approximate surface area is 412 Å². The molecule has 4 aliphatic carbocycles. The predicted octanol–water partition coefficient (Wildman–Crippen LogP) is 17.4. The van der Waals surface area contributed by atoms with Crippen molar-refractivity contribution < 1.29 is 18.9 Å². The van der Waals surface area contributed by atoms with Gasteiger partial charge in [0.15, 0.2) is 0 Å². The number of hydrogen-bond donors (Lipinski definition) is 0. The summed E-state index contributed by atoms with van der Waals surface area (Å²) in [7, 11) is 3.64. The first-order chi connectivity index (χ1) is 34.6. The van der Waals surface area contributed by atoms with Crippen LogP contribution in [0.1, 0.15) is 87.5 Å². The summed E-state index contributed by atoms with van der Waals surface area (Å²) in [6, 6.07) is 46.9. The van der Waals surface area contributed by atoms with Gasteiger partial charge in [-0.1, -0.05) is 162 Å². The van der Waals surface area contributed by atoms with Crippen LogP contribution in [-0.2, 0) is 4.74 Å². The zero-order valence-electron chi connectivity index (χ0n) is 40.9. The molecule has 0 fully saturated rings. The molecular formula is C66H60O4. The van der Waals surface area contributed by atoms with Gasteiger partial charge in [-0.2, -0.15) is 0 Å². The third-order valence-electron chi connectivity index (χ3n) is 15.4. The highest BCUT2D eigenvalue weighted by atomic mass is 16.5. The number of rotatable bonds is 17. The number of methoxy groups -OCH3 is 2. The molecule has 4 nitrogen and oxygen atoms in total. The van der Waals surface area contributed by atoms with Crippen molar-refractivity contribution in [3.05, 3.63) is 196 Å². The van der Waals surface area contributed by atoms with Gasteiger partial charge in [-0.05, 0) is 160 Å². The van der Waals surface area contributed by atoms with Crippen LogP contribution in [0.25, 0.3) is 77.0 Å². The molecular weight excluding hydrogens is 857 g/mol. The lowest BCUT2D eigenvalue weighted by molar-refractivity contribution is 0.305. The van der Waals surface area contributed by atoms with Gasteiger partial charge in [0.1, 0.15) is 23.0 Å². The first kappa shape index (κ1) is 43.9. The summed E-state index contributed by atoms with van der Waals surface area (Å²) in [6.45, 7) is 5.96. The lowest BCUT2D eigenvalue weighted by Gasteiger charge is -2.45. The van der Waals surface area contributed by atoms with Gasteiger partial charge < -0.3 is 18.9 Å². The molecule has 0 aromatic heterocycles. The smallest absolute Gasteiger partial charge is 0.128 e. The van der Waals surface area contributed by atoms with Gasteiger partial charge in [-0.15, -0.1) is 0 Å². The predicted molar refractivity (Wildman–Crippen MR) is 293 cm³/mol. The quantitative estimate of drug-likeness (QED) is 0.0518. The summed E-state index contributed by atoms with van der Waals surface area (Å²) >= 11 is 0. The van der Waals surface area contributed by atoms with E-state index in [-0.39, 0.29) is 11.8 Å². The summed E-state index contributed by atoms with van der Waals surface area (Å²) in [5.74, 6) is 3.65. The Kier molecular flexibility index (Phi) is 11.6. The van der Waals surface area contributed by atoms with E-state index < -0.39 is 0 Å². The Morgan fingerprint density at radius 3 is 1.89 bits per heavy atom. The van der Waals surface area contributed by atoms with E-state index in [2.05, 4.69) is 172 Å². The van der Waals surface area contributed by atoms with Crippen LogP contribution < -0.4 is 14.2 Å². The molecule has 0 bridgehead atoms. The van der Waals surface area contributed by atoms with E-state index in [0.29, 0.717) is 0 Å². The minimum absolute atomic E-state index is 0.0399. The van der Waals surface area contributed by atoms with Gasteiger partial charge in [0.05, 0.1) is 27.4 Å². The normalized spacial score (nSPS) is 16.9. The van der Waals surface area contributed by atoms with Crippen molar-refractivity contribution in [1.82, 2.24) is 0 Å². The lowest BCUT2D eigenvalue weighted by atomic mass is 9.58. The first-order valence-corrected chi connectivity index (χ1v) is 25.7. The maximum atomic E-state index is 6.64. The van der Waals surface area contributed by atoms with Gasteiger partial charge in [0.25, 0.3) is 0 Å². The zero-order chi connectivity index (χ0) is 47.3. The van der Waals surface area contributed by atoms with Crippen LogP contribution in [0.2, 0.25) is 0 Å². The van der Waals surface area contributed by atoms with Crippen molar-refractivity contribution in [2.75, 3.05) is 27.4 Å². The molecule has 0 amide bonds. The van der Waals surface area contributed by atoms with E-state index in [1.54, 1.807) is 0 Å². The standard InChI is InChI=1S/C66H60O4/c1-5-7-9-15-33-69-47-25-21-41(22-26-47)55-37-45-35-43-17-11-13-19-49(43)51-29-31-53-63(61(45)51)57(55)39-59(67-3)65(53)66-54-32-30-52-50-20-14-12-18-44(50)36-46-38-56(58(40-60(66)68-4)64(54)62(46)52)42-23-27-48(28-24-42)70-34-16-10-8-6-2/h11-14,17-32,35-40,61,63H,5-10,15-16,33-34H2,1-4H3. The molecule has 8 aromatic rings. The van der Waals surface area contributed by atoms with Crippen LogP contribution in [0.5, 0.6) is 17.2 Å². The number of unbranched alkanes of at least 4 members (excludes halogenated alkanes) is 6. The third-order valence-corrected chi connectivity index (χ3v) is 15.4. The second-order valence-corrected chi connectivity index (χ2v) is 19.6. The Bertz CT molecular complexity index is 3520. The molecule has 0 heterocycles. The molecule has 0 saturated heterocycles. The van der Waals surface area contributed by atoms with Crippen LogP contribution in [0.4, 0.5) is 0 Å². The zero-order valence-corrected chi connectivity index (χ0v) is 40.9. The van der Waals surface area contributed by atoms with Crippen molar-refractivity contribution in [1.29, 1.82) is 0 Å². The number of benzene rings is 8. The summed E-state index contributed by atoms with van der Waals surface area (Å²) in [5, 5.41) is 9.77. The van der Waals surface area contributed by atoms with E-state index in [0.717, 1.165) is 76.5 Å². The Balaban J connectivity index is 1.06. The first-order valence-electron chi connectivity index (χ1n) is 25.7. The maximum absolute atomic E-state index is 6.64. The highest BCUT2D eigenvalue weighted by Gasteiger charge is 2.46. The third kappa shape index (κ3) is 7.42. The minimum atomic E-state index is 0.0399. The fraction of sp³-hybridized carbons (Fsp3) is 0.242. The van der Waals surface area contributed by atoms with Crippen LogP contribution in [0, 0.1) is 11.8 Å². The van der Waals surface area contributed by atoms with E-state index in [4.69, 9.17) is 18.9 Å². The number of hydrogen-bond acceptors (Lipinski definition) is 4. The molecule has 70 heavy (non-hydrogen) atoms. The van der Waals surface area contributed by atoms with Crippen molar-refractivity contribution in [2.45, 2.75) is 65.2 Å².